The monoisotopic (exact) mass is 288 g/mol. The number of fused-ring (bicyclic) bond motifs is 2. The molecule has 0 bridgehead atoms. The molecule has 2 aliphatic heterocycles. The molecule has 110 valence electrons. The molecule has 1 N–H and O–H groups in total. The zero-order chi connectivity index (χ0) is 14.8. The van der Waals surface area contributed by atoms with E-state index in [2.05, 4.69) is 70.9 Å². The first-order valence-electron chi connectivity index (χ1n) is 8.01. The smallest absolute Gasteiger partial charge is 0.0454 e. The van der Waals surface area contributed by atoms with Gasteiger partial charge in [-0.3, -0.25) is 0 Å². The first-order valence-corrected chi connectivity index (χ1v) is 8.01. The van der Waals surface area contributed by atoms with Gasteiger partial charge >= 0.3 is 0 Å². The largest absolute Gasteiger partial charge is 0.361 e. The summed E-state index contributed by atoms with van der Waals surface area (Å²) in [6, 6.07) is 17.3. The first-order chi connectivity index (χ1) is 10.9. The van der Waals surface area contributed by atoms with E-state index in [9.17, 15) is 0 Å². The predicted molar refractivity (Wildman–Crippen MR) is 93.9 cm³/mol. The SMILES string of the molecule is C1=CC(N2CCCCc3ccccc32)=Cc2ccccc2N1. The third kappa shape index (κ3) is 2.41. The number of hydrogen-bond donors (Lipinski definition) is 1. The molecule has 0 atom stereocenters. The fourth-order valence-electron chi connectivity index (χ4n) is 3.31. The summed E-state index contributed by atoms with van der Waals surface area (Å²) in [6.45, 7) is 1.08. The Morgan fingerprint density at radius 2 is 1.77 bits per heavy atom. The van der Waals surface area contributed by atoms with Crippen molar-refractivity contribution in [3.63, 3.8) is 0 Å². The molecule has 2 nitrogen and oxygen atoms in total. The lowest BCUT2D eigenvalue weighted by molar-refractivity contribution is 0.754. The highest BCUT2D eigenvalue weighted by Crippen LogP contribution is 2.32. The maximum absolute atomic E-state index is 3.37. The molecule has 2 aliphatic rings. The maximum Gasteiger partial charge on any atom is 0.0454 e. The number of aryl methyl sites for hydroxylation is 1. The molecule has 0 saturated heterocycles. The van der Waals surface area contributed by atoms with Crippen molar-refractivity contribution in [3.05, 3.63) is 77.6 Å². The summed E-state index contributed by atoms with van der Waals surface area (Å²) in [4.78, 5) is 2.46. The van der Waals surface area contributed by atoms with Crippen molar-refractivity contribution in [3.8, 4) is 0 Å². The Labute approximate surface area is 131 Å². The summed E-state index contributed by atoms with van der Waals surface area (Å²) in [7, 11) is 0. The topological polar surface area (TPSA) is 15.3 Å². The molecule has 0 fully saturated rings. The minimum absolute atomic E-state index is 1.08. The van der Waals surface area contributed by atoms with E-state index in [1.165, 1.54) is 41.8 Å². The maximum atomic E-state index is 3.37. The van der Waals surface area contributed by atoms with Gasteiger partial charge in [0.2, 0.25) is 0 Å². The zero-order valence-corrected chi connectivity index (χ0v) is 12.6. The molecular formula is C20H20N2. The van der Waals surface area contributed by atoms with E-state index in [-0.39, 0.29) is 0 Å². The summed E-state index contributed by atoms with van der Waals surface area (Å²) < 4.78 is 0. The van der Waals surface area contributed by atoms with Crippen LogP contribution in [0.2, 0.25) is 0 Å². The van der Waals surface area contributed by atoms with Crippen molar-refractivity contribution >= 4 is 17.5 Å². The van der Waals surface area contributed by atoms with Gasteiger partial charge in [0.25, 0.3) is 0 Å². The molecule has 4 rings (SSSR count). The van der Waals surface area contributed by atoms with Crippen molar-refractivity contribution in [2.45, 2.75) is 19.3 Å². The Morgan fingerprint density at radius 3 is 2.77 bits per heavy atom. The molecule has 22 heavy (non-hydrogen) atoms. The first kappa shape index (κ1) is 13.2. The van der Waals surface area contributed by atoms with Crippen LogP contribution in [-0.2, 0) is 6.42 Å². The molecule has 0 aliphatic carbocycles. The van der Waals surface area contributed by atoms with Gasteiger partial charge in [0.05, 0.1) is 0 Å². The number of anilines is 2. The van der Waals surface area contributed by atoms with Crippen molar-refractivity contribution in [2.75, 3.05) is 16.8 Å². The van der Waals surface area contributed by atoms with Gasteiger partial charge < -0.3 is 10.2 Å². The highest BCUT2D eigenvalue weighted by molar-refractivity contribution is 5.76. The molecular weight excluding hydrogens is 268 g/mol. The summed E-state index contributed by atoms with van der Waals surface area (Å²) in [5.41, 5.74) is 6.47. The molecule has 0 unspecified atom stereocenters. The normalized spacial score (nSPS) is 16.7. The van der Waals surface area contributed by atoms with Crippen molar-refractivity contribution < 1.29 is 0 Å². The number of benzene rings is 2. The van der Waals surface area contributed by atoms with Crippen LogP contribution < -0.4 is 10.2 Å². The fourth-order valence-corrected chi connectivity index (χ4v) is 3.31. The third-order valence-corrected chi connectivity index (χ3v) is 4.43. The van der Waals surface area contributed by atoms with Crippen LogP contribution in [0.25, 0.3) is 6.08 Å². The van der Waals surface area contributed by atoms with Crippen LogP contribution in [0.5, 0.6) is 0 Å². The van der Waals surface area contributed by atoms with Crippen molar-refractivity contribution in [2.24, 2.45) is 0 Å². The van der Waals surface area contributed by atoms with E-state index in [1.54, 1.807) is 0 Å². The number of rotatable bonds is 1. The summed E-state index contributed by atoms with van der Waals surface area (Å²) in [6.07, 6.45) is 10.2. The molecule has 0 saturated carbocycles. The Kier molecular flexibility index (Phi) is 3.43. The van der Waals surface area contributed by atoms with Crippen LogP contribution in [-0.4, -0.2) is 6.54 Å². The van der Waals surface area contributed by atoms with Gasteiger partial charge in [0.1, 0.15) is 0 Å². The highest BCUT2D eigenvalue weighted by atomic mass is 15.1. The number of nitrogens with zero attached hydrogens (tertiary/aromatic N) is 1. The molecule has 2 heteroatoms. The Bertz CT molecular complexity index is 743. The number of nitrogens with one attached hydrogen (secondary N) is 1. The average Bonchev–Trinajstić information content (AvgIpc) is 2.90. The predicted octanol–water partition coefficient (Wildman–Crippen LogP) is 4.81. The van der Waals surface area contributed by atoms with Crippen molar-refractivity contribution in [1.29, 1.82) is 0 Å². The Hall–Kier alpha value is -2.48. The summed E-state index contributed by atoms with van der Waals surface area (Å²) >= 11 is 0. The minimum atomic E-state index is 1.08. The second-order valence-corrected chi connectivity index (χ2v) is 5.87. The van der Waals surface area contributed by atoms with Gasteiger partial charge in [0, 0.05) is 29.8 Å². The average molecular weight is 288 g/mol. The minimum Gasteiger partial charge on any atom is -0.361 e. The summed E-state index contributed by atoms with van der Waals surface area (Å²) in [5, 5.41) is 3.37. The van der Waals surface area contributed by atoms with E-state index < -0.39 is 0 Å². The summed E-state index contributed by atoms with van der Waals surface area (Å²) in [5.74, 6) is 0. The number of para-hydroxylation sites is 2. The zero-order valence-electron chi connectivity index (χ0n) is 12.6. The van der Waals surface area contributed by atoms with Gasteiger partial charge in [-0.25, -0.2) is 0 Å². The molecule has 0 aromatic heterocycles. The highest BCUT2D eigenvalue weighted by Gasteiger charge is 2.18. The third-order valence-electron chi connectivity index (χ3n) is 4.43. The molecule has 0 amide bonds. The van der Waals surface area contributed by atoms with Gasteiger partial charge in [-0.1, -0.05) is 36.4 Å². The van der Waals surface area contributed by atoms with Crippen LogP contribution in [0, 0.1) is 0 Å². The van der Waals surface area contributed by atoms with E-state index in [0.717, 1.165) is 12.2 Å². The van der Waals surface area contributed by atoms with E-state index in [1.807, 2.05) is 6.20 Å². The second-order valence-electron chi connectivity index (χ2n) is 5.87. The molecule has 0 spiro atoms. The van der Waals surface area contributed by atoms with Gasteiger partial charge in [0.15, 0.2) is 0 Å². The standard InChI is InChI=1S/C20H20N2/c1-3-10-19-17(9-1)15-18(12-13-21-19)22-14-6-5-8-16-7-2-4-11-20(16)22/h1-4,7,9-13,15,21H,5-6,8,14H2. The second kappa shape index (κ2) is 5.72. The molecule has 2 heterocycles. The quantitative estimate of drug-likeness (QED) is 0.810. The molecule has 2 aromatic carbocycles. The lowest BCUT2D eigenvalue weighted by Crippen LogP contribution is -2.22. The Morgan fingerprint density at radius 1 is 0.909 bits per heavy atom. The van der Waals surface area contributed by atoms with Gasteiger partial charge in [-0.15, -0.1) is 0 Å². The fraction of sp³-hybridized carbons (Fsp3) is 0.200. The van der Waals surface area contributed by atoms with Crippen LogP contribution in [0.4, 0.5) is 11.4 Å². The van der Waals surface area contributed by atoms with Crippen LogP contribution in [0.15, 0.2) is 66.5 Å². The lowest BCUT2D eigenvalue weighted by Gasteiger charge is -2.26. The van der Waals surface area contributed by atoms with Crippen molar-refractivity contribution in [1.82, 2.24) is 0 Å². The van der Waals surface area contributed by atoms with Gasteiger partial charge in [-0.05, 0) is 54.7 Å². The van der Waals surface area contributed by atoms with Crippen LogP contribution >= 0.6 is 0 Å². The van der Waals surface area contributed by atoms with E-state index in [0.29, 0.717) is 0 Å². The number of allylic oxidation sites excluding steroid dienone is 1. The molecule has 2 aromatic rings. The van der Waals surface area contributed by atoms with Gasteiger partial charge in [-0.2, -0.15) is 0 Å². The van der Waals surface area contributed by atoms with Crippen LogP contribution in [0.1, 0.15) is 24.0 Å². The molecule has 0 radical (unpaired) electrons. The van der Waals surface area contributed by atoms with Crippen LogP contribution in [0.3, 0.4) is 0 Å². The Balaban J connectivity index is 1.80. The number of hydrogen-bond acceptors (Lipinski definition) is 2. The lowest BCUT2D eigenvalue weighted by atomic mass is 10.1. The van der Waals surface area contributed by atoms with E-state index in [4.69, 9.17) is 0 Å². The van der Waals surface area contributed by atoms with E-state index >= 15 is 0 Å².